The summed E-state index contributed by atoms with van der Waals surface area (Å²) in [5.41, 5.74) is 1.84. The third-order valence-corrected chi connectivity index (χ3v) is 4.70. The minimum Gasteiger partial charge on any atom is -0.496 e. The molecule has 0 fully saturated rings. The summed E-state index contributed by atoms with van der Waals surface area (Å²) in [7, 11) is 1.55. The highest BCUT2D eigenvalue weighted by molar-refractivity contribution is 6.37. The molecular weight excluding hydrogens is 414 g/mol. The Morgan fingerprint density at radius 1 is 1.03 bits per heavy atom. The van der Waals surface area contributed by atoms with Crippen LogP contribution in [0, 0.1) is 5.82 Å². The summed E-state index contributed by atoms with van der Waals surface area (Å²) in [6, 6.07) is 16.3. The van der Waals surface area contributed by atoms with Gasteiger partial charge in [0.1, 0.15) is 12.4 Å². The van der Waals surface area contributed by atoms with Crippen LogP contribution in [0.3, 0.4) is 0 Å². The Kier molecular flexibility index (Phi) is 6.91. The van der Waals surface area contributed by atoms with E-state index in [4.69, 9.17) is 32.7 Å². The van der Waals surface area contributed by atoms with Crippen molar-refractivity contribution in [2.75, 3.05) is 7.11 Å². The van der Waals surface area contributed by atoms with E-state index in [2.05, 4.69) is 0 Å². The van der Waals surface area contributed by atoms with Crippen LogP contribution in [0.25, 0.3) is 6.08 Å². The van der Waals surface area contributed by atoms with Crippen molar-refractivity contribution >= 4 is 35.1 Å². The van der Waals surface area contributed by atoms with E-state index in [-0.39, 0.29) is 18.1 Å². The molecule has 0 aliphatic heterocycles. The Morgan fingerprint density at radius 3 is 2.55 bits per heavy atom. The van der Waals surface area contributed by atoms with Crippen LogP contribution >= 0.6 is 23.2 Å². The van der Waals surface area contributed by atoms with Gasteiger partial charge in [0.15, 0.2) is 17.3 Å². The van der Waals surface area contributed by atoms with Gasteiger partial charge in [-0.25, -0.2) is 4.39 Å². The van der Waals surface area contributed by atoms with Gasteiger partial charge in [-0.1, -0.05) is 47.5 Å². The van der Waals surface area contributed by atoms with E-state index in [1.165, 1.54) is 18.2 Å². The van der Waals surface area contributed by atoms with E-state index < -0.39 is 5.82 Å². The van der Waals surface area contributed by atoms with Gasteiger partial charge in [-0.2, -0.15) is 0 Å². The summed E-state index contributed by atoms with van der Waals surface area (Å²) in [5.74, 6) is 0.0771. The number of carbonyl (C=O) groups is 1. The zero-order valence-corrected chi connectivity index (χ0v) is 17.0. The number of halogens is 3. The maximum absolute atomic E-state index is 13.8. The fourth-order valence-corrected chi connectivity index (χ4v) is 3.18. The topological polar surface area (TPSA) is 35.5 Å². The molecule has 0 aliphatic rings. The minimum absolute atomic E-state index is 0.114. The lowest BCUT2D eigenvalue weighted by molar-refractivity contribution is 0.104. The van der Waals surface area contributed by atoms with Crippen molar-refractivity contribution in [3.8, 4) is 11.5 Å². The molecule has 148 valence electrons. The highest BCUT2D eigenvalue weighted by Gasteiger charge is 2.09. The molecule has 0 radical (unpaired) electrons. The molecule has 0 saturated carbocycles. The summed E-state index contributed by atoms with van der Waals surface area (Å²) >= 11 is 11.9. The molecule has 3 rings (SSSR count). The molecule has 29 heavy (non-hydrogen) atoms. The van der Waals surface area contributed by atoms with E-state index in [0.717, 1.165) is 11.1 Å². The van der Waals surface area contributed by atoms with Crippen LogP contribution in [0.2, 0.25) is 10.0 Å². The average molecular weight is 431 g/mol. The van der Waals surface area contributed by atoms with Crippen molar-refractivity contribution in [3.05, 3.63) is 99.3 Å². The van der Waals surface area contributed by atoms with Gasteiger partial charge in [-0.05, 0) is 54.1 Å². The van der Waals surface area contributed by atoms with Crippen LogP contribution in [0.15, 0.2) is 66.7 Å². The lowest BCUT2D eigenvalue weighted by atomic mass is 10.1. The number of hydrogen-bond donors (Lipinski definition) is 0. The maximum atomic E-state index is 13.8. The summed E-state index contributed by atoms with van der Waals surface area (Å²) in [5, 5.41) is 0.756. The maximum Gasteiger partial charge on any atom is 0.187 e. The van der Waals surface area contributed by atoms with Crippen molar-refractivity contribution < 1.29 is 18.7 Å². The number of para-hydroxylation sites is 1. The molecule has 0 aliphatic carbocycles. The van der Waals surface area contributed by atoms with E-state index >= 15 is 0 Å². The summed E-state index contributed by atoms with van der Waals surface area (Å²) in [4.78, 5) is 12.4. The molecule has 0 amide bonds. The van der Waals surface area contributed by atoms with Crippen LogP contribution in [-0.4, -0.2) is 12.9 Å². The first-order valence-corrected chi connectivity index (χ1v) is 9.45. The van der Waals surface area contributed by atoms with Crippen molar-refractivity contribution in [1.29, 1.82) is 0 Å². The number of methoxy groups -OCH3 is 1. The van der Waals surface area contributed by atoms with Gasteiger partial charge in [0, 0.05) is 16.1 Å². The highest BCUT2D eigenvalue weighted by atomic mass is 35.5. The minimum atomic E-state index is -0.437. The summed E-state index contributed by atoms with van der Waals surface area (Å²) in [6.45, 7) is 0.114. The van der Waals surface area contributed by atoms with E-state index in [0.29, 0.717) is 21.4 Å². The molecular formula is C23H17Cl2FO3. The number of allylic oxidation sites excluding steroid dienone is 1. The third kappa shape index (κ3) is 5.37. The fourth-order valence-electron chi connectivity index (χ4n) is 2.68. The molecule has 6 heteroatoms. The van der Waals surface area contributed by atoms with Crippen LogP contribution in [0.1, 0.15) is 21.5 Å². The molecule has 3 aromatic rings. The molecule has 0 unspecified atom stereocenters. The average Bonchev–Trinajstić information content (AvgIpc) is 2.71. The van der Waals surface area contributed by atoms with E-state index in [1.54, 1.807) is 55.7 Å². The van der Waals surface area contributed by atoms with Crippen molar-refractivity contribution in [2.45, 2.75) is 6.61 Å². The van der Waals surface area contributed by atoms with Gasteiger partial charge in [0.2, 0.25) is 0 Å². The second-order valence-corrected chi connectivity index (χ2v) is 6.96. The smallest absolute Gasteiger partial charge is 0.187 e. The number of benzene rings is 3. The first-order chi connectivity index (χ1) is 14.0. The van der Waals surface area contributed by atoms with E-state index in [9.17, 15) is 9.18 Å². The Hall–Kier alpha value is -2.82. The molecule has 0 spiro atoms. The molecule has 3 aromatic carbocycles. The normalized spacial score (nSPS) is 10.9. The van der Waals surface area contributed by atoms with Crippen molar-refractivity contribution in [1.82, 2.24) is 0 Å². The highest BCUT2D eigenvalue weighted by Crippen LogP contribution is 2.25. The SMILES string of the molecule is COc1ccc(/C=C/C(=O)c2ccc(Cl)cc2Cl)cc1COc1ccccc1F. The van der Waals surface area contributed by atoms with E-state index in [1.807, 2.05) is 6.07 Å². The van der Waals surface area contributed by atoms with Crippen LogP contribution in [0.4, 0.5) is 4.39 Å². The van der Waals surface area contributed by atoms with Crippen molar-refractivity contribution in [2.24, 2.45) is 0 Å². The molecule has 0 heterocycles. The van der Waals surface area contributed by atoms with Crippen LogP contribution in [-0.2, 0) is 6.61 Å². The molecule has 0 N–H and O–H groups in total. The summed E-state index contributed by atoms with van der Waals surface area (Å²) in [6.07, 6.45) is 3.09. The predicted molar refractivity (Wildman–Crippen MR) is 114 cm³/mol. The molecule has 0 bridgehead atoms. The zero-order valence-electron chi connectivity index (χ0n) is 15.5. The standard InChI is InChI=1S/C23H17Cl2FO3/c1-28-22-11-7-15(6-10-21(27)18-9-8-17(24)13-19(18)25)12-16(22)14-29-23-5-3-2-4-20(23)26/h2-13H,14H2,1H3/b10-6+. The largest absolute Gasteiger partial charge is 0.496 e. The number of rotatable bonds is 7. The van der Waals surface area contributed by atoms with Gasteiger partial charge in [0.05, 0.1) is 12.1 Å². The number of ketones is 1. The van der Waals surface area contributed by atoms with Gasteiger partial charge in [-0.15, -0.1) is 0 Å². The number of hydrogen-bond acceptors (Lipinski definition) is 3. The lowest BCUT2D eigenvalue weighted by Gasteiger charge is -2.11. The Balaban J connectivity index is 1.78. The Bertz CT molecular complexity index is 1060. The zero-order chi connectivity index (χ0) is 20.8. The molecule has 0 aromatic heterocycles. The second kappa shape index (κ2) is 9.59. The Morgan fingerprint density at radius 2 is 1.83 bits per heavy atom. The van der Waals surface area contributed by atoms with Gasteiger partial charge in [0.25, 0.3) is 0 Å². The first kappa shape index (κ1) is 20.9. The monoisotopic (exact) mass is 430 g/mol. The fraction of sp³-hybridized carbons (Fsp3) is 0.0870. The number of carbonyl (C=O) groups excluding carboxylic acids is 1. The van der Waals surface area contributed by atoms with Gasteiger partial charge in [-0.3, -0.25) is 4.79 Å². The summed E-state index contributed by atoms with van der Waals surface area (Å²) < 4.78 is 24.7. The van der Waals surface area contributed by atoms with Crippen LogP contribution in [0.5, 0.6) is 11.5 Å². The quantitative estimate of drug-likeness (QED) is 0.312. The third-order valence-electron chi connectivity index (χ3n) is 4.15. The first-order valence-electron chi connectivity index (χ1n) is 8.69. The Labute approximate surface area is 178 Å². The lowest BCUT2D eigenvalue weighted by Crippen LogP contribution is -2.00. The van der Waals surface area contributed by atoms with Gasteiger partial charge < -0.3 is 9.47 Å². The van der Waals surface area contributed by atoms with Crippen molar-refractivity contribution in [3.63, 3.8) is 0 Å². The molecule has 0 atom stereocenters. The molecule has 3 nitrogen and oxygen atoms in total. The van der Waals surface area contributed by atoms with Crippen LogP contribution < -0.4 is 9.47 Å². The second-order valence-electron chi connectivity index (χ2n) is 6.11. The molecule has 0 saturated heterocycles. The van der Waals surface area contributed by atoms with Gasteiger partial charge >= 0.3 is 0 Å². The number of ether oxygens (including phenoxy) is 2. The predicted octanol–water partition coefficient (Wildman–Crippen LogP) is 6.62.